The standard InChI is InChI=1S/C21H19N5O/c1-12-8-10-15(11-9-12)20-24-17(19(22)27)18-21(25-20)26(14(3)23-18)16-7-5-4-6-13(16)2/h4-11H,1-3H3,(H2,22,27). The zero-order valence-electron chi connectivity index (χ0n) is 15.4. The van der Waals surface area contributed by atoms with Crippen LogP contribution in [0.4, 0.5) is 0 Å². The molecule has 0 atom stereocenters. The number of hydrogen-bond donors (Lipinski definition) is 1. The number of rotatable bonds is 3. The fraction of sp³-hybridized carbons (Fsp3) is 0.143. The van der Waals surface area contributed by atoms with E-state index in [9.17, 15) is 4.79 Å². The first-order valence-corrected chi connectivity index (χ1v) is 8.65. The molecule has 0 spiro atoms. The summed E-state index contributed by atoms with van der Waals surface area (Å²) in [6.07, 6.45) is 0. The van der Waals surface area contributed by atoms with Gasteiger partial charge in [-0.3, -0.25) is 9.36 Å². The lowest BCUT2D eigenvalue weighted by molar-refractivity contribution is 0.0997. The summed E-state index contributed by atoms with van der Waals surface area (Å²) in [6, 6.07) is 15.8. The zero-order chi connectivity index (χ0) is 19.1. The summed E-state index contributed by atoms with van der Waals surface area (Å²) >= 11 is 0. The van der Waals surface area contributed by atoms with Gasteiger partial charge in [0.15, 0.2) is 17.2 Å². The second-order valence-electron chi connectivity index (χ2n) is 6.58. The molecule has 2 N–H and O–H groups in total. The van der Waals surface area contributed by atoms with Crippen LogP contribution >= 0.6 is 0 Å². The molecule has 0 unspecified atom stereocenters. The largest absolute Gasteiger partial charge is 0.364 e. The molecule has 0 aliphatic rings. The van der Waals surface area contributed by atoms with E-state index in [0.29, 0.717) is 17.0 Å². The lowest BCUT2D eigenvalue weighted by Crippen LogP contribution is -2.15. The molecule has 0 saturated heterocycles. The van der Waals surface area contributed by atoms with Gasteiger partial charge >= 0.3 is 0 Å². The molecule has 2 aromatic carbocycles. The Morgan fingerprint density at radius 1 is 0.926 bits per heavy atom. The number of hydrogen-bond acceptors (Lipinski definition) is 4. The van der Waals surface area contributed by atoms with Gasteiger partial charge in [0.05, 0.1) is 5.69 Å². The van der Waals surface area contributed by atoms with Crippen molar-refractivity contribution in [3.8, 4) is 17.1 Å². The fourth-order valence-electron chi connectivity index (χ4n) is 3.17. The highest BCUT2D eigenvalue weighted by atomic mass is 16.1. The summed E-state index contributed by atoms with van der Waals surface area (Å²) in [5, 5.41) is 0. The van der Waals surface area contributed by atoms with Gasteiger partial charge in [-0.1, -0.05) is 48.0 Å². The fourth-order valence-corrected chi connectivity index (χ4v) is 3.17. The van der Waals surface area contributed by atoms with Crippen molar-refractivity contribution in [3.05, 3.63) is 71.2 Å². The van der Waals surface area contributed by atoms with Crippen LogP contribution in [-0.4, -0.2) is 25.4 Å². The van der Waals surface area contributed by atoms with Crippen molar-refractivity contribution in [3.63, 3.8) is 0 Å². The molecule has 0 radical (unpaired) electrons. The highest BCUT2D eigenvalue weighted by molar-refractivity contribution is 6.02. The molecule has 0 bridgehead atoms. The summed E-state index contributed by atoms with van der Waals surface area (Å²) in [4.78, 5) is 25.7. The first-order chi connectivity index (χ1) is 13.0. The van der Waals surface area contributed by atoms with Crippen LogP contribution in [0.3, 0.4) is 0 Å². The molecule has 6 heteroatoms. The number of para-hydroxylation sites is 1. The van der Waals surface area contributed by atoms with Crippen molar-refractivity contribution < 1.29 is 4.79 Å². The summed E-state index contributed by atoms with van der Waals surface area (Å²) < 4.78 is 1.94. The van der Waals surface area contributed by atoms with Gasteiger partial charge in [0.1, 0.15) is 11.3 Å². The van der Waals surface area contributed by atoms with Crippen LogP contribution in [0.1, 0.15) is 27.4 Å². The third-order valence-corrected chi connectivity index (χ3v) is 4.57. The van der Waals surface area contributed by atoms with Crippen molar-refractivity contribution in [1.82, 2.24) is 19.5 Å². The molecule has 27 heavy (non-hydrogen) atoms. The van der Waals surface area contributed by atoms with Crippen LogP contribution in [0.25, 0.3) is 28.2 Å². The van der Waals surface area contributed by atoms with E-state index < -0.39 is 5.91 Å². The first kappa shape index (κ1) is 16.9. The van der Waals surface area contributed by atoms with Crippen LogP contribution in [0.15, 0.2) is 48.5 Å². The monoisotopic (exact) mass is 357 g/mol. The molecule has 0 saturated carbocycles. The van der Waals surface area contributed by atoms with Gasteiger partial charge in [0.25, 0.3) is 5.91 Å². The van der Waals surface area contributed by atoms with Crippen LogP contribution in [-0.2, 0) is 0 Å². The maximum Gasteiger partial charge on any atom is 0.269 e. The van der Waals surface area contributed by atoms with Gasteiger partial charge in [-0.2, -0.15) is 0 Å². The van der Waals surface area contributed by atoms with Crippen LogP contribution < -0.4 is 5.73 Å². The average Bonchev–Trinajstić information content (AvgIpc) is 2.97. The van der Waals surface area contributed by atoms with Crippen molar-refractivity contribution in [2.75, 3.05) is 0 Å². The predicted octanol–water partition coefficient (Wildman–Crippen LogP) is 3.51. The molecule has 2 aromatic heterocycles. The second-order valence-corrected chi connectivity index (χ2v) is 6.58. The number of aryl methyl sites for hydroxylation is 3. The lowest BCUT2D eigenvalue weighted by Gasteiger charge is -2.10. The van der Waals surface area contributed by atoms with E-state index in [0.717, 1.165) is 28.2 Å². The predicted molar refractivity (Wildman–Crippen MR) is 105 cm³/mol. The molecule has 6 nitrogen and oxygen atoms in total. The SMILES string of the molecule is Cc1ccc(-c2nc(C(N)=O)c3nc(C)n(-c4ccccc4C)c3n2)cc1. The maximum atomic E-state index is 12.1. The highest BCUT2D eigenvalue weighted by Crippen LogP contribution is 2.26. The average molecular weight is 357 g/mol. The molecule has 4 rings (SSSR count). The molecular weight excluding hydrogens is 338 g/mol. The number of fused-ring (bicyclic) bond motifs is 1. The Morgan fingerprint density at radius 2 is 1.63 bits per heavy atom. The van der Waals surface area contributed by atoms with E-state index in [2.05, 4.69) is 9.97 Å². The smallest absolute Gasteiger partial charge is 0.269 e. The normalized spacial score (nSPS) is 11.1. The molecule has 0 aliphatic carbocycles. The van der Waals surface area contributed by atoms with Crippen molar-refractivity contribution in [2.24, 2.45) is 5.73 Å². The lowest BCUT2D eigenvalue weighted by atomic mass is 10.1. The number of amides is 1. The maximum absolute atomic E-state index is 12.1. The Morgan fingerprint density at radius 3 is 2.30 bits per heavy atom. The van der Waals surface area contributed by atoms with Crippen LogP contribution in [0.5, 0.6) is 0 Å². The quantitative estimate of drug-likeness (QED) is 0.608. The van der Waals surface area contributed by atoms with E-state index in [-0.39, 0.29) is 5.69 Å². The third-order valence-electron chi connectivity index (χ3n) is 4.57. The van der Waals surface area contributed by atoms with Crippen molar-refractivity contribution in [1.29, 1.82) is 0 Å². The van der Waals surface area contributed by atoms with Crippen LogP contribution in [0.2, 0.25) is 0 Å². The summed E-state index contributed by atoms with van der Waals surface area (Å²) in [7, 11) is 0. The minimum atomic E-state index is -0.620. The van der Waals surface area contributed by atoms with Gasteiger partial charge in [-0.15, -0.1) is 0 Å². The number of primary amides is 1. The van der Waals surface area contributed by atoms with Crippen molar-refractivity contribution in [2.45, 2.75) is 20.8 Å². The summed E-state index contributed by atoms with van der Waals surface area (Å²) in [5.41, 5.74) is 10.7. The van der Waals surface area contributed by atoms with E-state index in [4.69, 9.17) is 10.7 Å². The van der Waals surface area contributed by atoms with E-state index in [1.165, 1.54) is 0 Å². The number of carbonyl (C=O) groups is 1. The van der Waals surface area contributed by atoms with Gasteiger partial charge < -0.3 is 5.73 Å². The van der Waals surface area contributed by atoms with Gasteiger partial charge in [0, 0.05) is 5.56 Å². The molecule has 2 heterocycles. The first-order valence-electron chi connectivity index (χ1n) is 8.65. The minimum Gasteiger partial charge on any atom is -0.364 e. The Labute approximate surface area is 156 Å². The number of carbonyl (C=O) groups excluding carboxylic acids is 1. The van der Waals surface area contributed by atoms with E-state index in [1.54, 1.807) is 0 Å². The summed E-state index contributed by atoms with van der Waals surface area (Å²) in [6.45, 7) is 5.92. The van der Waals surface area contributed by atoms with Crippen molar-refractivity contribution >= 4 is 17.1 Å². The number of aromatic nitrogens is 4. The number of nitrogens with two attached hydrogens (primary N) is 1. The topological polar surface area (TPSA) is 86.7 Å². The number of nitrogens with zero attached hydrogens (tertiary/aromatic N) is 4. The van der Waals surface area contributed by atoms with E-state index >= 15 is 0 Å². The molecule has 134 valence electrons. The molecule has 4 aromatic rings. The summed E-state index contributed by atoms with van der Waals surface area (Å²) in [5.74, 6) is 0.549. The van der Waals surface area contributed by atoms with Gasteiger partial charge in [0.2, 0.25) is 0 Å². The number of benzene rings is 2. The van der Waals surface area contributed by atoms with Gasteiger partial charge in [-0.05, 0) is 32.4 Å². The Kier molecular flexibility index (Phi) is 3.96. The molecule has 1 amide bonds. The zero-order valence-corrected chi connectivity index (χ0v) is 15.4. The highest BCUT2D eigenvalue weighted by Gasteiger charge is 2.21. The molecule has 0 fully saturated rings. The number of imidazole rings is 1. The molecule has 0 aliphatic heterocycles. The Balaban J connectivity index is 2.06. The third kappa shape index (κ3) is 2.85. The second kappa shape index (κ2) is 6.32. The minimum absolute atomic E-state index is 0.131. The van der Waals surface area contributed by atoms with E-state index in [1.807, 2.05) is 73.9 Å². The Bertz CT molecular complexity index is 1180. The molecular formula is C21H19N5O. The van der Waals surface area contributed by atoms with Gasteiger partial charge in [-0.25, -0.2) is 15.0 Å². The Hall–Kier alpha value is -3.54. The van der Waals surface area contributed by atoms with Crippen LogP contribution in [0, 0.1) is 20.8 Å².